The van der Waals surface area contributed by atoms with Gasteiger partial charge >= 0.3 is 12.0 Å². The first-order chi connectivity index (χ1) is 9.36. The molecule has 0 N–H and O–H groups in total. The van der Waals surface area contributed by atoms with Gasteiger partial charge in [0, 0.05) is 19.8 Å². The zero-order chi connectivity index (χ0) is 15.3. The van der Waals surface area contributed by atoms with Crippen LogP contribution in [0.5, 0.6) is 0 Å². The molecule has 1 aliphatic heterocycles. The van der Waals surface area contributed by atoms with Gasteiger partial charge in [0.25, 0.3) is 0 Å². The highest BCUT2D eigenvalue weighted by molar-refractivity contribution is 6.15. The zero-order valence-electron chi connectivity index (χ0n) is 12.5. The number of carbonyl (C=O) groups is 3. The van der Waals surface area contributed by atoms with Crippen LogP contribution >= 0.6 is 12.4 Å². The van der Waals surface area contributed by atoms with E-state index in [-0.39, 0.29) is 37.0 Å². The van der Waals surface area contributed by atoms with Crippen LogP contribution in [0.2, 0.25) is 0 Å². The second-order valence-electron chi connectivity index (χ2n) is 4.30. The Balaban J connectivity index is 0.00000400. The summed E-state index contributed by atoms with van der Waals surface area (Å²) in [5.41, 5.74) is 0.447. The van der Waals surface area contributed by atoms with Crippen molar-refractivity contribution in [2.75, 3.05) is 20.7 Å². The van der Waals surface area contributed by atoms with Crippen LogP contribution in [-0.4, -0.2) is 60.0 Å². The van der Waals surface area contributed by atoms with Gasteiger partial charge in [-0.3, -0.25) is 19.4 Å². The van der Waals surface area contributed by atoms with Gasteiger partial charge < -0.3 is 4.74 Å². The molecule has 0 aromatic carbocycles. The molecule has 0 saturated carbocycles. The number of amidine groups is 1. The molecule has 0 atom stereocenters. The molecular weight excluding hydrogens is 300 g/mol. The van der Waals surface area contributed by atoms with Crippen molar-refractivity contribution >= 4 is 41.9 Å². The summed E-state index contributed by atoms with van der Waals surface area (Å²) < 4.78 is 4.78. The number of nitrogens with zero attached hydrogens (tertiary/aromatic N) is 4. The molecule has 0 spiro atoms. The minimum atomic E-state index is -0.460. The summed E-state index contributed by atoms with van der Waals surface area (Å²) in [6.45, 7) is 3.65. The van der Waals surface area contributed by atoms with Gasteiger partial charge in [0.1, 0.15) is 5.84 Å². The molecule has 0 bridgehead atoms. The number of esters is 1. The van der Waals surface area contributed by atoms with Gasteiger partial charge in [-0.05, 0) is 13.8 Å². The summed E-state index contributed by atoms with van der Waals surface area (Å²) in [5.74, 6) is -0.482. The maximum absolute atomic E-state index is 11.7. The number of halogens is 1. The molecule has 0 unspecified atom stereocenters. The first kappa shape index (κ1) is 19.0. The van der Waals surface area contributed by atoms with Crippen molar-refractivity contribution in [1.29, 1.82) is 0 Å². The number of urea groups is 1. The summed E-state index contributed by atoms with van der Waals surface area (Å²) in [6, 6.07) is -0.460. The molecular formula is C12H19ClN4O4. The van der Waals surface area contributed by atoms with Gasteiger partial charge in [0.15, 0.2) is 0 Å². The molecule has 1 heterocycles. The summed E-state index contributed by atoms with van der Waals surface area (Å²) >= 11 is 0. The third-order valence-electron chi connectivity index (χ3n) is 2.69. The van der Waals surface area contributed by atoms with Crippen molar-refractivity contribution in [2.24, 2.45) is 10.2 Å². The number of hydrogen-bond donors (Lipinski definition) is 0. The Morgan fingerprint density at radius 2 is 1.90 bits per heavy atom. The molecule has 1 aliphatic rings. The Morgan fingerprint density at radius 1 is 1.29 bits per heavy atom. The summed E-state index contributed by atoms with van der Waals surface area (Å²) in [7, 11) is 2.92. The summed E-state index contributed by atoms with van der Waals surface area (Å²) in [5, 5.41) is 7.72. The zero-order valence-corrected chi connectivity index (χ0v) is 13.3. The van der Waals surface area contributed by atoms with Crippen molar-refractivity contribution in [3.05, 3.63) is 0 Å². The smallest absolute Gasteiger partial charge is 0.331 e. The Morgan fingerprint density at radius 3 is 2.48 bits per heavy atom. The highest BCUT2D eigenvalue weighted by Crippen LogP contribution is 2.09. The lowest BCUT2D eigenvalue weighted by Gasteiger charge is -2.29. The molecule has 1 rings (SSSR count). The lowest BCUT2D eigenvalue weighted by Crippen LogP contribution is -2.51. The van der Waals surface area contributed by atoms with Gasteiger partial charge in [0.2, 0.25) is 5.91 Å². The van der Waals surface area contributed by atoms with E-state index >= 15 is 0 Å². The summed E-state index contributed by atoms with van der Waals surface area (Å²) in [4.78, 5) is 36.7. The number of imide groups is 1. The van der Waals surface area contributed by atoms with Crippen molar-refractivity contribution < 1.29 is 19.1 Å². The second-order valence-corrected chi connectivity index (χ2v) is 4.30. The molecule has 118 valence electrons. The SMILES string of the molecule is CCOC(=O)C/C(C)=N\N=C1\CC(=O)N(C)C(=O)N1C.Cl. The average Bonchev–Trinajstić information content (AvgIpc) is 2.39. The normalized spacial score (nSPS) is 17.9. The van der Waals surface area contributed by atoms with Crippen LogP contribution in [-0.2, 0) is 14.3 Å². The van der Waals surface area contributed by atoms with E-state index in [9.17, 15) is 14.4 Å². The third-order valence-corrected chi connectivity index (χ3v) is 2.69. The largest absolute Gasteiger partial charge is 0.466 e. The minimum absolute atomic E-state index is 0. The molecule has 1 saturated heterocycles. The molecule has 0 aromatic rings. The highest BCUT2D eigenvalue weighted by Gasteiger charge is 2.31. The third kappa shape index (κ3) is 5.14. The van der Waals surface area contributed by atoms with Gasteiger partial charge in [0.05, 0.1) is 19.4 Å². The molecule has 0 aliphatic carbocycles. The fourth-order valence-corrected chi connectivity index (χ4v) is 1.52. The molecule has 0 radical (unpaired) electrons. The Labute approximate surface area is 129 Å². The second kappa shape index (κ2) is 8.35. The van der Waals surface area contributed by atoms with Gasteiger partial charge in [-0.1, -0.05) is 0 Å². The number of rotatable bonds is 4. The van der Waals surface area contributed by atoms with E-state index in [0.29, 0.717) is 12.3 Å². The van der Waals surface area contributed by atoms with Crippen LogP contribution in [0.25, 0.3) is 0 Å². The Bertz CT molecular complexity index is 490. The number of ether oxygens (including phenoxy) is 1. The summed E-state index contributed by atoms with van der Waals surface area (Å²) in [6.07, 6.45) is 0.0189. The fourth-order valence-electron chi connectivity index (χ4n) is 1.52. The van der Waals surface area contributed by atoms with E-state index in [1.807, 2.05) is 0 Å². The van der Waals surface area contributed by atoms with Crippen molar-refractivity contribution in [3.8, 4) is 0 Å². The van der Waals surface area contributed by atoms with E-state index in [0.717, 1.165) is 4.90 Å². The first-order valence-corrected chi connectivity index (χ1v) is 6.16. The van der Waals surface area contributed by atoms with E-state index < -0.39 is 12.0 Å². The van der Waals surface area contributed by atoms with E-state index in [1.165, 1.54) is 19.0 Å². The van der Waals surface area contributed by atoms with Crippen LogP contribution in [0, 0.1) is 0 Å². The molecule has 9 heteroatoms. The molecule has 21 heavy (non-hydrogen) atoms. The van der Waals surface area contributed by atoms with Crippen molar-refractivity contribution in [1.82, 2.24) is 9.80 Å². The van der Waals surface area contributed by atoms with Crippen molar-refractivity contribution in [2.45, 2.75) is 26.7 Å². The number of amides is 3. The maximum Gasteiger partial charge on any atom is 0.331 e. The number of carbonyl (C=O) groups excluding carboxylic acids is 3. The predicted octanol–water partition coefficient (Wildman–Crippen LogP) is 1.05. The van der Waals surface area contributed by atoms with E-state index in [1.54, 1.807) is 13.8 Å². The van der Waals surface area contributed by atoms with Gasteiger partial charge in [-0.25, -0.2) is 4.79 Å². The lowest BCUT2D eigenvalue weighted by molar-refractivity contribution is -0.141. The monoisotopic (exact) mass is 318 g/mol. The molecule has 1 fully saturated rings. The van der Waals surface area contributed by atoms with E-state index in [4.69, 9.17) is 4.74 Å². The minimum Gasteiger partial charge on any atom is -0.466 e. The fraction of sp³-hybridized carbons (Fsp3) is 0.583. The quantitative estimate of drug-likeness (QED) is 0.440. The molecule has 8 nitrogen and oxygen atoms in total. The van der Waals surface area contributed by atoms with Crippen LogP contribution in [0.3, 0.4) is 0 Å². The Hall–Kier alpha value is -1.96. The van der Waals surface area contributed by atoms with Crippen LogP contribution in [0.1, 0.15) is 26.7 Å². The van der Waals surface area contributed by atoms with Crippen LogP contribution in [0.15, 0.2) is 10.2 Å². The first-order valence-electron chi connectivity index (χ1n) is 6.16. The van der Waals surface area contributed by atoms with Crippen LogP contribution < -0.4 is 0 Å². The lowest BCUT2D eigenvalue weighted by atomic mass is 10.3. The highest BCUT2D eigenvalue weighted by atomic mass is 35.5. The Kier molecular flexibility index (Phi) is 7.57. The van der Waals surface area contributed by atoms with Gasteiger partial charge in [-0.15, -0.1) is 17.5 Å². The maximum atomic E-state index is 11.7. The number of hydrogen-bond acceptors (Lipinski definition) is 6. The average molecular weight is 319 g/mol. The molecule has 0 aromatic heterocycles. The van der Waals surface area contributed by atoms with Crippen molar-refractivity contribution in [3.63, 3.8) is 0 Å². The van der Waals surface area contributed by atoms with E-state index in [2.05, 4.69) is 10.2 Å². The van der Waals surface area contributed by atoms with Gasteiger partial charge in [-0.2, -0.15) is 5.10 Å². The van der Waals surface area contributed by atoms with Crippen LogP contribution in [0.4, 0.5) is 4.79 Å². The predicted molar refractivity (Wildman–Crippen MR) is 79.6 cm³/mol. The standard InChI is InChI=1S/C12H18N4O4.ClH/c1-5-20-11(18)6-8(2)13-14-9-7-10(17)16(4)12(19)15(9)3;/h5-7H2,1-4H3;1H/b13-8-,14-9-;. The molecule has 3 amide bonds. The topological polar surface area (TPSA) is 91.6 Å².